The average Bonchev–Trinajstić information content (AvgIpc) is 2.46. The maximum absolute atomic E-state index is 5.82. The molecule has 0 bridgehead atoms. The monoisotopic (exact) mass is 257 g/mol. The van der Waals surface area contributed by atoms with Gasteiger partial charge in [0.2, 0.25) is 0 Å². The fraction of sp³-hybridized carbons (Fsp3) is 0.250. The molecule has 0 unspecified atom stereocenters. The van der Waals surface area contributed by atoms with Gasteiger partial charge in [-0.2, -0.15) is 0 Å². The van der Waals surface area contributed by atoms with Crippen LogP contribution in [0.3, 0.4) is 0 Å². The second kappa shape index (κ2) is 5.76. The minimum atomic E-state index is 0.505. The summed E-state index contributed by atoms with van der Waals surface area (Å²) in [6.07, 6.45) is 0. The Labute approximate surface area is 114 Å². The topological polar surface area (TPSA) is 44.5 Å². The fourth-order valence-corrected chi connectivity index (χ4v) is 2.14. The second-order valence-electron chi connectivity index (χ2n) is 4.43. The molecule has 0 aromatic heterocycles. The summed E-state index contributed by atoms with van der Waals surface area (Å²) < 4.78 is 10.7. The number of aryl methyl sites for hydroxylation is 1. The summed E-state index contributed by atoms with van der Waals surface area (Å²) in [5.41, 5.74) is 10.3. The van der Waals surface area contributed by atoms with Gasteiger partial charge in [-0.3, -0.25) is 0 Å². The Morgan fingerprint density at radius 2 is 1.74 bits per heavy atom. The first-order valence-corrected chi connectivity index (χ1v) is 6.21. The van der Waals surface area contributed by atoms with Gasteiger partial charge in [-0.25, -0.2) is 0 Å². The van der Waals surface area contributed by atoms with Crippen molar-refractivity contribution in [1.82, 2.24) is 0 Å². The Hall–Kier alpha value is -2.00. The van der Waals surface area contributed by atoms with E-state index >= 15 is 0 Å². The summed E-state index contributed by atoms with van der Waals surface area (Å²) in [5, 5.41) is 0. The number of hydrogen-bond donors (Lipinski definition) is 1. The maximum atomic E-state index is 5.82. The van der Waals surface area contributed by atoms with Gasteiger partial charge in [0, 0.05) is 18.2 Å². The summed E-state index contributed by atoms with van der Waals surface area (Å²) in [6.45, 7) is 2.57. The highest BCUT2D eigenvalue weighted by Crippen LogP contribution is 2.35. The van der Waals surface area contributed by atoms with Crippen molar-refractivity contribution in [2.24, 2.45) is 5.73 Å². The molecule has 19 heavy (non-hydrogen) atoms. The van der Waals surface area contributed by atoms with Crippen molar-refractivity contribution >= 4 is 0 Å². The molecule has 0 saturated heterocycles. The summed E-state index contributed by atoms with van der Waals surface area (Å²) in [7, 11) is 3.31. The summed E-state index contributed by atoms with van der Waals surface area (Å²) >= 11 is 0. The second-order valence-corrected chi connectivity index (χ2v) is 4.43. The molecule has 0 heterocycles. The highest BCUT2D eigenvalue weighted by Gasteiger charge is 2.11. The zero-order valence-corrected chi connectivity index (χ0v) is 11.6. The van der Waals surface area contributed by atoms with E-state index in [1.54, 1.807) is 14.2 Å². The number of rotatable bonds is 4. The van der Waals surface area contributed by atoms with Crippen LogP contribution in [0.2, 0.25) is 0 Å². The van der Waals surface area contributed by atoms with Crippen LogP contribution >= 0.6 is 0 Å². The Kier molecular flexibility index (Phi) is 4.07. The lowest BCUT2D eigenvalue weighted by atomic mass is 9.96. The fourth-order valence-electron chi connectivity index (χ4n) is 2.14. The molecular formula is C16H19NO2. The molecule has 3 nitrogen and oxygen atoms in total. The Morgan fingerprint density at radius 3 is 2.37 bits per heavy atom. The van der Waals surface area contributed by atoms with Crippen LogP contribution in [0.4, 0.5) is 0 Å². The van der Waals surface area contributed by atoms with Gasteiger partial charge < -0.3 is 15.2 Å². The number of nitrogens with two attached hydrogens (primary N) is 1. The van der Waals surface area contributed by atoms with Crippen LogP contribution in [0.25, 0.3) is 11.1 Å². The lowest BCUT2D eigenvalue weighted by Gasteiger charge is -2.14. The van der Waals surface area contributed by atoms with Crippen molar-refractivity contribution in [3.8, 4) is 22.6 Å². The third-order valence-corrected chi connectivity index (χ3v) is 3.18. The van der Waals surface area contributed by atoms with Gasteiger partial charge in [0.25, 0.3) is 0 Å². The molecule has 0 spiro atoms. The number of methoxy groups -OCH3 is 2. The molecule has 0 aliphatic rings. The summed E-state index contributed by atoms with van der Waals surface area (Å²) in [5.74, 6) is 1.57. The van der Waals surface area contributed by atoms with Crippen molar-refractivity contribution in [2.75, 3.05) is 14.2 Å². The molecule has 0 saturated carbocycles. The van der Waals surface area contributed by atoms with Gasteiger partial charge in [0.15, 0.2) is 0 Å². The predicted octanol–water partition coefficient (Wildman–Crippen LogP) is 3.14. The van der Waals surface area contributed by atoms with Crippen molar-refractivity contribution in [1.29, 1.82) is 0 Å². The molecule has 2 rings (SSSR count). The van der Waals surface area contributed by atoms with E-state index in [4.69, 9.17) is 15.2 Å². The molecule has 0 aliphatic heterocycles. The van der Waals surface area contributed by atoms with Crippen LogP contribution < -0.4 is 15.2 Å². The molecule has 2 aromatic rings. The van der Waals surface area contributed by atoms with Crippen LogP contribution in [0, 0.1) is 6.92 Å². The first-order chi connectivity index (χ1) is 9.19. The molecule has 3 heteroatoms. The quantitative estimate of drug-likeness (QED) is 0.915. The van der Waals surface area contributed by atoms with Gasteiger partial charge in [-0.1, -0.05) is 23.8 Å². The molecular weight excluding hydrogens is 238 g/mol. The minimum Gasteiger partial charge on any atom is -0.497 e. The zero-order chi connectivity index (χ0) is 13.8. The molecule has 100 valence electrons. The van der Waals surface area contributed by atoms with Gasteiger partial charge in [0.05, 0.1) is 14.2 Å². The highest BCUT2D eigenvalue weighted by molar-refractivity contribution is 5.75. The van der Waals surface area contributed by atoms with E-state index in [1.807, 2.05) is 18.2 Å². The normalized spacial score (nSPS) is 10.3. The van der Waals surface area contributed by atoms with Gasteiger partial charge in [-0.15, -0.1) is 0 Å². The van der Waals surface area contributed by atoms with Gasteiger partial charge in [0.1, 0.15) is 11.5 Å². The Balaban J connectivity index is 2.60. The SMILES string of the molecule is COc1ccc(-c2cc(C)ccc2CN)c(OC)c1. The summed E-state index contributed by atoms with van der Waals surface area (Å²) in [4.78, 5) is 0. The highest BCUT2D eigenvalue weighted by atomic mass is 16.5. The first-order valence-electron chi connectivity index (χ1n) is 6.21. The van der Waals surface area contributed by atoms with E-state index in [2.05, 4.69) is 25.1 Å². The van der Waals surface area contributed by atoms with Crippen LogP contribution in [0.15, 0.2) is 36.4 Å². The lowest BCUT2D eigenvalue weighted by molar-refractivity contribution is 0.395. The van der Waals surface area contributed by atoms with E-state index < -0.39 is 0 Å². The number of hydrogen-bond acceptors (Lipinski definition) is 3. The number of benzene rings is 2. The van der Waals surface area contributed by atoms with Crippen LogP contribution in [-0.4, -0.2) is 14.2 Å². The lowest BCUT2D eigenvalue weighted by Crippen LogP contribution is -2.00. The van der Waals surface area contributed by atoms with Gasteiger partial charge in [-0.05, 0) is 30.2 Å². The molecule has 2 aromatic carbocycles. The van der Waals surface area contributed by atoms with E-state index in [0.717, 1.165) is 28.2 Å². The summed E-state index contributed by atoms with van der Waals surface area (Å²) in [6, 6.07) is 12.1. The molecule has 0 aliphatic carbocycles. The van der Waals surface area contributed by atoms with Crippen molar-refractivity contribution < 1.29 is 9.47 Å². The van der Waals surface area contributed by atoms with Crippen molar-refractivity contribution in [3.05, 3.63) is 47.5 Å². The van der Waals surface area contributed by atoms with E-state index in [9.17, 15) is 0 Å². The van der Waals surface area contributed by atoms with Crippen LogP contribution in [0.1, 0.15) is 11.1 Å². The van der Waals surface area contributed by atoms with E-state index in [1.165, 1.54) is 5.56 Å². The van der Waals surface area contributed by atoms with E-state index in [0.29, 0.717) is 6.54 Å². The van der Waals surface area contributed by atoms with Crippen molar-refractivity contribution in [3.63, 3.8) is 0 Å². The molecule has 2 N–H and O–H groups in total. The Bertz CT molecular complexity index is 579. The maximum Gasteiger partial charge on any atom is 0.130 e. The molecule has 0 radical (unpaired) electrons. The third-order valence-electron chi connectivity index (χ3n) is 3.18. The van der Waals surface area contributed by atoms with Crippen LogP contribution in [0.5, 0.6) is 11.5 Å². The average molecular weight is 257 g/mol. The first kappa shape index (κ1) is 13.4. The van der Waals surface area contributed by atoms with E-state index in [-0.39, 0.29) is 0 Å². The zero-order valence-electron chi connectivity index (χ0n) is 11.6. The number of ether oxygens (including phenoxy) is 2. The van der Waals surface area contributed by atoms with Crippen LogP contribution in [-0.2, 0) is 6.54 Å². The standard InChI is InChI=1S/C16H19NO2/c1-11-4-5-12(10-17)15(8-11)14-7-6-13(18-2)9-16(14)19-3/h4-9H,10,17H2,1-3H3. The minimum absolute atomic E-state index is 0.505. The van der Waals surface area contributed by atoms with Gasteiger partial charge >= 0.3 is 0 Å². The third kappa shape index (κ3) is 2.71. The largest absolute Gasteiger partial charge is 0.497 e. The molecule has 0 atom stereocenters. The predicted molar refractivity (Wildman–Crippen MR) is 77.6 cm³/mol. The molecule has 0 amide bonds. The Morgan fingerprint density at radius 1 is 0.947 bits per heavy atom. The smallest absolute Gasteiger partial charge is 0.130 e. The molecule has 0 fully saturated rings. The van der Waals surface area contributed by atoms with Crippen molar-refractivity contribution in [2.45, 2.75) is 13.5 Å².